The Morgan fingerprint density at radius 3 is 2.72 bits per heavy atom. The van der Waals surface area contributed by atoms with Crippen LogP contribution in [0.2, 0.25) is 0 Å². The van der Waals surface area contributed by atoms with E-state index in [2.05, 4.69) is 5.32 Å². The van der Waals surface area contributed by atoms with Crippen molar-refractivity contribution < 1.29 is 9.59 Å². The smallest absolute Gasteiger partial charge is 0.226 e. The summed E-state index contributed by atoms with van der Waals surface area (Å²) in [6.45, 7) is 2.80. The summed E-state index contributed by atoms with van der Waals surface area (Å²) in [5, 5.41) is 3.03. The van der Waals surface area contributed by atoms with Crippen molar-refractivity contribution in [3.63, 3.8) is 0 Å². The Labute approximate surface area is 151 Å². The van der Waals surface area contributed by atoms with E-state index in [-0.39, 0.29) is 11.8 Å². The van der Waals surface area contributed by atoms with Crippen molar-refractivity contribution in [2.45, 2.75) is 71.1 Å². The fourth-order valence-corrected chi connectivity index (χ4v) is 4.07. The molecule has 1 aliphatic carbocycles. The maximum Gasteiger partial charge on any atom is 0.226 e. The number of anilines is 2. The van der Waals surface area contributed by atoms with Gasteiger partial charge >= 0.3 is 0 Å². The van der Waals surface area contributed by atoms with Crippen LogP contribution in [0.4, 0.5) is 11.4 Å². The number of hydrogen-bond acceptors (Lipinski definition) is 2. The molecule has 2 amide bonds. The Bertz CT molecular complexity index is 620. The first kappa shape index (κ1) is 18.0. The van der Waals surface area contributed by atoms with Gasteiger partial charge in [-0.15, -0.1) is 0 Å². The van der Waals surface area contributed by atoms with E-state index in [1.54, 1.807) is 0 Å². The van der Waals surface area contributed by atoms with Gasteiger partial charge in [-0.3, -0.25) is 9.59 Å². The van der Waals surface area contributed by atoms with Crippen LogP contribution in [0.3, 0.4) is 0 Å². The number of piperidine rings is 1. The molecular formula is C21H30N2O2. The number of carbonyl (C=O) groups excluding carboxylic acids is 2. The van der Waals surface area contributed by atoms with Crippen LogP contribution in [-0.2, 0) is 9.59 Å². The lowest BCUT2D eigenvalue weighted by atomic mass is 9.86. The number of rotatable bonds is 5. The molecule has 1 heterocycles. The first-order chi connectivity index (χ1) is 12.1. The van der Waals surface area contributed by atoms with Crippen molar-refractivity contribution >= 4 is 23.2 Å². The molecule has 0 atom stereocenters. The first-order valence-corrected chi connectivity index (χ1v) is 9.84. The van der Waals surface area contributed by atoms with E-state index in [4.69, 9.17) is 0 Å². The summed E-state index contributed by atoms with van der Waals surface area (Å²) in [6.07, 6.45) is 10.8. The van der Waals surface area contributed by atoms with Gasteiger partial charge in [-0.2, -0.15) is 0 Å². The highest BCUT2D eigenvalue weighted by molar-refractivity contribution is 5.96. The van der Waals surface area contributed by atoms with Gasteiger partial charge in [0.05, 0.1) is 0 Å². The molecule has 1 saturated heterocycles. The molecule has 2 fully saturated rings. The van der Waals surface area contributed by atoms with Crippen LogP contribution in [0.1, 0.15) is 69.8 Å². The molecular weight excluding hydrogens is 312 g/mol. The van der Waals surface area contributed by atoms with Crippen LogP contribution < -0.4 is 10.2 Å². The van der Waals surface area contributed by atoms with Gasteiger partial charge in [-0.25, -0.2) is 0 Å². The average Bonchev–Trinajstić information content (AvgIpc) is 2.63. The number of aryl methyl sites for hydroxylation is 1. The summed E-state index contributed by atoms with van der Waals surface area (Å²) in [5.41, 5.74) is 2.82. The molecule has 0 unspecified atom stereocenters. The van der Waals surface area contributed by atoms with Gasteiger partial charge in [0.15, 0.2) is 0 Å². The Balaban J connectivity index is 1.59. The van der Waals surface area contributed by atoms with Crippen LogP contribution in [0, 0.1) is 12.8 Å². The minimum atomic E-state index is 0.0883. The summed E-state index contributed by atoms with van der Waals surface area (Å²) in [6, 6.07) is 5.89. The van der Waals surface area contributed by atoms with Gasteiger partial charge in [0.2, 0.25) is 11.8 Å². The van der Waals surface area contributed by atoms with Crippen LogP contribution in [0.25, 0.3) is 0 Å². The highest BCUT2D eigenvalue weighted by Gasteiger charge is 2.21. The van der Waals surface area contributed by atoms with Gasteiger partial charge in [-0.1, -0.05) is 38.2 Å². The SMILES string of the molecule is Cc1ccc(NC(=O)CCC2CCCCC2)cc1N1CCCCC1=O. The highest BCUT2D eigenvalue weighted by atomic mass is 16.2. The monoisotopic (exact) mass is 342 g/mol. The second-order valence-corrected chi connectivity index (χ2v) is 7.59. The zero-order chi connectivity index (χ0) is 17.6. The molecule has 0 radical (unpaired) electrons. The molecule has 4 nitrogen and oxygen atoms in total. The third-order valence-electron chi connectivity index (χ3n) is 5.61. The number of amides is 2. The van der Waals surface area contributed by atoms with Crippen molar-refractivity contribution in [1.29, 1.82) is 0 Å². The van der Waals surface area contributed by atoms with E-state index in [0.717, 1.165) is 48.7 Å². The lowest BCUT2D eigenvalue weighted by molar-refractivity contribution is -0.119. The fraction of sp³-hybridized carbons (Fsp3) is 0.619. The van der Waals surface area contributed by atoms with E-state index in [1.807, 2.05) is 30.0 Å². The first-order valence-electron chi connectivity index (χ1n) is 9.84. The third-order valence-corrected chi connectivity index (χ3v) is 5.61. The van der Waals surface area contributed by atoms with Crippen molar-refractivity contribution in [2.24, 2.45) is 5.92 Å². The zero-order valence-electron chi connectivity index (χ0n) is 15.4. The van der Waals surface area contributed by atoms with Crippen molar-refractivity contribution in [1.82, 2.24) is 0 Å². The number of nitrogens with one attached hydrogen (secondary N) is 1. The molecule has 1 saturated carbocycles. The van der Waals surface area contributed by atoms with Crippen LogP contribution in [0.5, 0.6) is 0 Å². The Morgan fingerprint density at radius 2 is 1.96 bits per heavy atom. The van der Waals surface area contributed by atoms with E-state index >= 15 is 0 Å². The molecule has 1 aliphatic heterocycles. The van der Waals surface area contributed by atoms with E-state index < -0.39 is 0 Å². The molecule has 25 heavy (non-hydrogen) atoms. The second kappa shape index (κ2) is 8.50. The standard InChI is InChI=1S/C21H30N2O2/c1-16-10-12-18(15-19(16)23-14-6-5-9-21(23)25)22-20(24)13-11-17-7-3-2-4-8-17/h10,12,15,17H,2-9,11,13-14H2,1H3,(H,22,24). The normalized spacial score (nSPS) is 19.1. The highest BCUT2D eigenvalue weighted by Crippen LogP contribution is 2.29. The second-order valence-electron chi connectivity index (χ2n) is 7.59. The predicted molar refractivity (Wildman–Crippen MR) is 102 cm³/mol. The van der Waals surface area contributed by atoms with Crippen LogP contribution in [-0.4, -0.2) is 18.4 Å². The molecule has 0 spiro atoms. The molecule has 1 aromatic rings. The summed E-state index contributed by atoms with van der Waals surface area (Å²) in [4.78, 5) is 26.4. The Kier molecular flexibility index (Phi) is 6.11. The summed E-state index contributed by atoms with van der Waals surface area (Å²) in [7, 11) is 0. The molecule has 1 aromatic carbocycles. The summed E-state index contributed by atoms with van der Waals surface area (Å²) < 4.78 is 0. The quantitative estimate of drug-likeness (QED) is 0.834. The van der Waals surface area contributed by atoms with Crippen molar-refractivity contribution in [2.75, 3.05) is 16.8 Å². The number of nitrogens with zero attached hydrogens (tertiary/aromatic N) is 1. The van der Waals surface area contributed by atoms with Gasteiger partial charge in [-0.05, 0) is 49.8 Å². The largest absolute Gasteiger partial charge is 0.326 e. The Hall–Kier alpha value is -1.84. The van der Waals surface area contributed by atoms with Gasteiger partial charge in [0, 0.05) is 30.8 Å². The maximum atomic E-state index is 12.3. The number of hydrogen-bond donors (Lipinski definition) is 1. The van der Waals surface area contributed by atoms with Gasteiger partial charge in [0.25, 0.3) is 0 Å². The average molecular weight is 342 g/mol. The van der Waals surface area contributed by atoms with Crippen molar-refractivity contribution in [3.05, 3.63) is 23.8 Å². The topological polar surface area (TPSA) is 49.4 Å². The Morgan fingerprint density at radius 1 is 1.16 bits per heavy atom. The lowest BCUT2D eigenvalue weighted by Crippen LogP contribution is -2.35. The molecule has 0 bridgehead atoms. The lowest BCUT2D eigenvalue weighted by Gasteiger charge is -2.28. The predicted octanol–water partition coefficient (Wildman–Crippen LogP) is 4.81. The van der Waals surface area contributed by atoms with E-state index in [0.29, 0.717) is 12.8 Å². The third kappa shape index (κ3) is 4.83. The van der Waals surface area contributed by atoms with Crippen LogP contribution >= 0.6 is 0 Å². The fourth-order valence-electron chi connectivity index (χ4n) is 4.07. The van der Waals surface area contributed by atoms with Crippen molar-refractivity contribution in [3.8, 4) is 0 Å². The molecule has 2 aliphatic rings. The van der Waals surface area contributed by atoms with Gasteiger partial charge < -0.3 is 10.2 Å². The minimum absolute atomic E-state index is 0.0883. The molecule has 136 valence electrons. The zero-order valence-corrected chi connectivity index (χ0v) is 15.4. The van der Waals surface area contributed by atoms with Gasteiger partial charge in [0.1, 0.15) is 0 Å². The minimum Gasteiger partial charge on any atom is -0.326 e. The number of carbonyl (C=O) groups is 2. The summed E-state index contributed by atoms with van der Waals surface area (Å²) in [5.74, 6) is 1.000. The molecule has 1 N–H and O–H groups in total. The van der Waals surface area contributed by atoms with Crippen LogP contribution in [0.15, 0.2) is 18.2 Å². The van der Waals surface area contributed by atoms with E-state index in [9.17, 15) is 9.59 Å². The molecule has 0 aromatic heterocycles. The number of benzene rings is 1. The molecule has 4 heteroatoms. The van der Waals surface area contributed by atoms with E-state index in [1.165, 1.54) is 32.1 Å². The molecule has 3 rings (SSSR count). The summed E-state index contributed by atoms with van der Waals surface area (Å²) >= 11 is 0. The maximum absolute atomic E-state index is 12.3.